The van der Waals surface area contributed by atoms with Gasteiger partial charge in [-0.2, -0.15) is 0 Å². The molecule has 1 aliphatic heterocycles. The highest BCUT2D eigenvalue weighted by Crippen LogP contribution is 2.34. The number of rotatable bonds is 1. The number of hydrogen-bond acceptors (Lipinski definition) is 6. The van der Waals surface area contributed by atoms with Crippen molar-refractivity contribution in [3.05, 3.63) is 32.2 Å². The summed E-state index contributed by atoms with van der Waals surface area (Å²) in [7, 11) is 1.49. The van der Waals surface area contributed by atoms with E-state index in [1.165, 1.54) is 13.4 Å². The van der Waals surface area contributed by atoms with Crippen LogP contribution in [0.25, 0.3) is 10.9 Å². The van der Waals surface area contributed by atoms with Gasteiger partial charge in [-0.1, -0.05) is 11.6 Å². The zero-order valence-electron chi connectivity index (χ0n) is 16.3. The highest BCUT2D eigenvalue weighted by atomic mass is 79.9. The minimum Gasteiger partial charge on any atom is -0.496 e. The summed E-state index contributed by atoms with van der Waals surface area (Å²) in [5.74, 6) is 0.440. The topological polar surface area (TPSA) is 96.5 Å². The maximum absolute atomic E-state index is 11.6. The van der Waals surface area contributed by atoms with Gasteiger partial charge in [0, 0.05) is 30.7 Å². The molecule has 0 bridgehead atoms. The van der Waals surface area contributed by atoms with E-state index in [1.807, 2.05) is 20.8 Å². The molecule has 0 radical (unpaired) electrons. The summed E-state index contributed by atoms with van der Waals surface area (Å²) in [6.07, 6.45) is 1.11. The first kappa shape index (κ1) is 22.4. The first-order chi connectivity index (χ1) is 13.1. The number of ether oxygens (including phenoxy) is 2. The van der Waals surface area contributed by atoms with Gasteiger partial charge < -0.3 is 24.7 Å². The number of aromatic amines is 1. The number of H-pyrrole nitrogens is 1. The number of piperazine rings is 1. The van der Waals surface area contributed by atoms with Gasteiger partial charge in [0.15, 0.2) is 0 Å². The van der Waals surface area contributed by atoms with E-state index >= 15 is 0 Å². The molecule has 0 aliphatic carbocycles. The molecule has 2 aromatic rings. The quantitative estimate of drug-likeness (QED) is 0.658. The van der Waals surface area contributed by atoms with Crippen molar-refractivity contribution in [2.45, 2.75) is 26.4 Å². The molecule has 1 saturated heterocycles. The minimum absolute atomic E-state index is 0.200. The Hall–Kier alpha value is -1.84. The summed E-state index contributed by atoms with van der Waals surface area (Å²) < 4.78 is 11.0. The van der Waals surface area contributed by atoms with Crippen LogP contribution in [0.3, 0.4) is 0 Å². The SMILES string of the molecule is CC(C)(C)OC(=O)N1CCNCC1.COc1cc(Br)c(Cl)c2nc[nH]c(=O)c12. The molecule has 0 atom stereocenters. The molecular weight excluding hydrogens is 452 g/mol. The van der Waals surface area contributed by atoms with Crippen LogP contribution in [0.1, 0.15) is 20.8 Å². The fourth-order valence-electron chi connectivity index (χ4n) is 2.49. The van der Waals surface area contributed by atoms with Crippen LogP contribution in [0.4, 0.5) is 4.79 Å². The summed E-state index contributed by atoms with van der Waals surface area (Å²) >= 11 is 9.28. The van der Waals surface area contributed by atoms with E-state index in [2.05, 4.69) is 31.2 Å². The molecule has 1 aromatic heterocycles. The van der Waals surface area contributed by atoms with Gasteiger partial charge in [-0.3, -0.25) is 4.79 Å². The van der Waals surface area contributed by atoms with Gasteiger partial charge in [-0.05, 0) is 42.8 Å². The molecule has 8 nitrogen and oxygen atoms in total. The summed E-state index contributed by atoms with van der Waals surface area (Å²) in [6.45, 7) is 8.86. The second-order valence-electron chi connectivity index (χ2n) is 7.05. The number of aromatic nitrogens is 2. The maximum Gasteiger partial charge on any atom is 0.410 e. The average molecular weight is 476 g/mol. The summed E-state index contributed by atoms with van der Waals surface area (Å²) in [5, 5.41) is 3.94. The van der Waals surface area contributed by atoms with Crippen molar-refractivity contribution in [1.82, 2.24) is 20.2 Å². The van der Waals surface area contributed by atoms with Crippen molar-refractivity contribution in [3.8, 4) is 5.75 Å². The number of carbonyl (C=O) groups excluding carboxylic acids is 1. The van der Waals surface area contributed by atoms with E-state index in [0.29, 0.717) is 26.1 Å². The van der Waals surface area contributed by atoms with E-state index in [1.54, 1.807) is 11.0 Å². The fraction of sp³-hybridized carbons (Fsp3) is 0.500. The number of nitrogens with one attached hydrogen (secondary N) is 2. The lowest BCUT2D eigenvalue weighted by molar-refractivity contribution is 0.0229. The Kier molecular flexibility index (Phi) is 7.68. The number of halogens is 2. The Labute approximate surface area is 176 Å². The number of methoxy groups -OCH3 is 1. The first-order valence-electron chi connectivity index (χ1n) is 8.72. The van der Waals surface area contributed by atoms with Gasteiger partial charge in [0.25, 0.3) is 5.56 Å². The normalized spacial score (nSPS) is 14.3. The molecule has 28 heavy (non-hydrogen) atoms. The highest BCUT2D eigenvalue weighted by Gasteiger charge is 2.22. The van der Waals surface area contributed by atoms with Crippen LogP contribution in [-0.4, -0.2) is 59.9 Å². The van der Waals surface area contributed by atoms with Crippen LogP contribution < -0.4 is 15.6 Å². The smallest absolute Gasteiger partial charge is 0.410 e. The van der Waals surface area contributed by atoms with Gasteiger partial charge in [0.1, 0.15) is 22.3 Å². The molecule has 2 N–H and O–H groups in total. The standard InChI is InChI=1S/C9H6BrClN2O2.C9H18N2O2/c1-15-5-2-4(10)7(11)8-6(5)9(14)13-3-12-8;1-9(2,3)13-8(12)11-6-4-10-5-7-11/h2-3H,1H3,(H,12,13,14);10H,4-7H2,1-3H3. The third kappa shape index (κ3) is 5.83. The van der Waals surface area contributed by atoms with Crippen LogP contribution in [0.15, 0.2) is 21.7 Å². The molecule has 10 heteroatoms. The Morgan fingerprint density at radius 2 is 1.96 bits per heavy atom. The van der Waals surface area contributed by atoms with Gasteiger partial charge in [-0.25, -0.2) is 9.78 Å². The molecule has 0 spiro atoms. The molecule has 1 aliphatic rings. The highest BCUT2D eigenvalue weighted by molar-refractivity contribution is 9.10. The largest absolute Gasteiger partial charge is 0.496 e. The molecule has 3 rings (SSSR count). The minimum atomic E-state index is -0.387. The predicted octanol–water partition coefficient (Wildman–Crippen LogP) is 3.17. The number of benzene rings is 1. The number of amides is 1. The third-order valence-corrected chi connectivity index (χ3v) is 5.00. The van der Waals surface area contributed by atoms with Crippen LogP contribution in [0, 0.1) is 0 Å². The molecule has 0 unspecified atom stereocenters. The monoisotopic (exact) mass is 474 g/mol. The second-order valence-corrected chi connectivity index (χ2v) is 8.28. The number of carbonyl (C=O) groups is 1. The molecule has 1 aromatic carbocycles. The number of nitrogens with zero attached hydrogens (tertiary/aromatic N) is 2. The van der Waals surface area contributed by atoms with Gasteiger partial charge in [0.05, 0.1) is 18.5 Å². The zero-order chi connectivity index (χ0) is 20.9. The molecule has 0 saturated carbocycles. The fourth-order valence-corrected chi connectivity index (χ4v) is 3.09. The van der Waals surface area contributed by atoms with Crippen molar-refractivity contribution in [1.29, 1.82) is 0 Å². The van der Waals surface area contributed by atoms with E-state index in [9.17, 15) is 9.59 Å². The van der Waals surface area contributed by atoms with E-state index in [-0.39, 0.29) is 17.3 Å². The third-order valence-electron chi connectivity index (χ3n) is 3.76. The molecule has 2 heterocycles. The van der Waals surface area contributed by atoms with Gasteiger partial charge in [0.2, 0.25) is 0 Å². The van der Waals surface area contributed by atoms with E-state index in [4.69, 9.17) is 21.1 Å². The zero-order valence-corrected chi connectivity index (χ0v) is 18.6. The maximum atomic E-state index is 11.6. The van der Waals surface area contributed by atoms with E-state index < -0.39 is 0 Å². The Balaban J connectivity index is 0.000000203. The van der Waals surface area contributed by atoms with Crippen LogP contribution in [0.2, 0.25) is 5.02 Å². The Morgan fingerprint density at radius 3 is 2.54 bits per heavy atom. The van der Waals surface area contributed by atoms with Crippen molar-refractivity contribution in [2.75, 3.05) is 33.3 Å². The van der Waals surface area contributed by atoms with E-state index in [0.717, 1.165) is 26.2 Å². The summed E-state index contributed by atoms with van der Waals surface area (Å²) in [4.78, 5) is 31.3. The lowest BCUT2D eigenvalue weighted by Crippen LogP contribution is -2.48. The van der Waals surface area contributed by atoms with Gasteiger partial charge >= 0.3 is 6.09 Å². The average Bonchev–Trinajstić information content (AvgIpc) is 2.65. The van der Waals surface area contributed by atoms with Crippen molar-refractivity contribution < 1.29 is 14.3 Å². The Morgan fingerprint density at radius 1 is 1.32 bits per heavy atom. The van der Waals surface area contributed by atoms with Crippen molar-refractivity contribution in [2.24, 2.45) is 0 Å². The number of hydrogen-bond donors (Lipinski definition) is 2. The van der Waals surface area contributed by atoms with Crippen LogP contribution in [-0.2, 0) is 4.74 Å². The Bertz CT molecular complexity index is 892. The molecule has 154 valence electrons. The van der Waals surface area contributed by atoms with Crippen LogP contribution in [0.5, 0.6) is 5.75 Å². The number of fused-ring (bicyclic) bond motifs is 1. The van der Waals surface area contributed by atoms with Crippen LogP contribution >= 0.6 is 27.5 Å². The summed E-state index contributed by atoms with van der Waals surface area (Å²) in [5.41, 5.74) is -0.236. The van der Waals surface area contributed by atoms with Gasteiger partial charge in [-0.15, -0.1) is 0 Å². The lowest BCUT2D eigenvalue weighted by Gasteiger charge is -2.30. The molecular formula is C18H24BrClN4O4. The van der Waals surface area contributed by atoms with Crippen molar-refractivity contribution >= 4 is 44.5 Å². The molecule has 1 amide bonds. The summed E-state index contributed by atoms with van der Waals surface area (Å²) in [6, 6.07) is 1.64. The predicted molar refractivity (Wildman–Crippen MR) is 112 cm³/mol. The molecule has 1 fully saturated rings. The first-order valence-corrected chi connectivity index (χ1v) is 9.89. The second kappa shape index (κ2) is 9.58. The van der Waals surface area contributed by atoms with Crippen molar-refractivity contribution in [3.63, 3.8) is 0 Å². The lowest BCUT2D eigenvalue weighted by atomic mass is 10.2.